The van der Waals surface area contributed by atoms with Crippen molar-refractivity contribution in [3.63, 3.8) is 0 Å². The number of benzene rings is 3. The Labute approximate surface area is 215 Å². The fourth-order valence-electron chi connectivity index (χ4n) is 4.60. The third-order valence-electron chi connectivity index (χ3n) is 6.54. The van der Waals surface area contributed by atoms with Crippen molar-refractivity contribution in [3.05, 3.63) is 112 Å². The predicted molar refractivity (Wildman–Crippen MR) is 139 cm³/mol. The van der Waals surface area contributed by atoms with Crippen LogP contribution in [0.2, 0.25) is 0 Å². The highest BCUT2D eigenvalue weighted by Gasteiger charge is 2.37. The Morgan fingerprint density at radius 3 is 2.32 bits per heavy atom. The second kappa shape index (κ2) is 11.2. The minimum absolute atomic E-state index is 0.0862. The molecule has 0 bridgehead atoms. The quantitative estimate of drug-likeness (QED) is 0.420. The van der Waals surface area contributed by atoms with Gasteiger partial charge in [-0.1, -0.05) is 36.4 Å². The Balaban J connectivity index is 1.57. The maximum atomic E-state index is 13.3. The van der Waals surface area contributed by atoms with Crippen LogP contribution in [0.3, 0.4) is 0 Å². The number of halogens is 1. The molecule has 6 nitrogen and oxygen atoms in total. The van der Waals surface area contributed by atoms with Crippen LogP contribution in [0.25, 0.3) is 0 Å². The molecule has 0 radical (unpaired) electrons. The summed E-state index contributed by atoms with van der Waals surface area (Å²) in [7, 11) is 0. The van der Waals surface area contributed by atoms with Crippen molar-refractivity contribution >= 4 is 23.5 Å². The molecule has 0 unspecified atom stereocenters. The van der Waals surface area contributed by atoms with Crippen LogP contribution in [-0.4, -0.2) is 29.3 Å². The number of anilines is 1. The Bertz CT molecular complexity index is 1350. The summed E-state index contributed by atoms with van der Waals surface area (Å²) in [5.41, 5.74) is 4.74. The number of allylic oxidation sites excluding steroid dienone is 1. The maximum Gasteiger partial charge on any atom is 0.336 e. The van der Waals surface area contributed by atoms with Crippen molar-refractivity contribution in [3.8, 4) is 0 Å². The largest absolute Gasteiger partial charge is 0.463 e. The molecule has 1 heterocycles. The Hall–Kier alpha value is -4.26. The van der Waals surface area contributed by atoms with Gasteiger partial charge in [-0.15, -0.1) is 0 Å². The summed E-state index contributed by atoms with van der Waals surface area (Å²) in [5, 5.41) is 2.73. The van der Waals surface area contributed by atoms with E-state index in [1.165, 1.54) is 24.3 Å². The first-order valence-corrected chi connectivity index (χ1v) is 12.2. The molecule has 0 aliphatic carbocycles. The van der Waals surface area contributed by atoms with Gasteiger partial charge in [-0.25, -0.2) is 9.18 Å². The average Bonchev–Trinajstić information content (AvgIpc) is 2.88. The van der Waals surface area contributed by atoms with E-state index in [1.807, 2.05) is 31.2 Å². The van der Waals surface area contributed by atoms with Gasteiger partial charge in [0.25, 0.3) is 5.91 Å². The summed E-state index contributed by atoms with van der Waals surface area (Å²) in [4.78, 5) is 40.5. The van der Waals surface area contributed by atoms with E-state index < -0.39 is 5.97 Å². The number of hydrogen-bond acceptors (Lipinski definition) is 4. The van der Waals surface area contributed by atoms with Gasteiger partial charge in [0.1, 0.15) is 5.82 Å². The normalized spacial score (nSPS) is 15.5. The lowest BCUT2D eigenvalue weighted by molar-refractivity contribution is -0.140. The summed E-state index contributed by atoms with van der Waals surface area (Å²) < 4.78 is 18.5. The number of ether oxygens (including phenoxy) is 1. The highest BCUT2D eigenvalue weighted by atomic mass is 19.1. The molecular weight excluding hydrogens is 471 g/mol. The number of carbonyl (C=O) groups is 3. The topological polar surface area (TPSA) is 75.7 Å². The lowest BCUT2D eigenvalue weighted by Gasteiger charge is -2.35. The van der Waals surface area contributed by atoms with Crippen LogP contribution in [-0.2, 0) is 20.9 Å². The molecule has 0 saturated carbocycles. The Morgan fingerprint density at radius 2 is 1.68 bits per heavy atom. The first kappa shape index (κ1) is 25.8. The molecule has 7 heteroatoms. The van der Waals surface area contributed by atoms with Crippen molar-refractivity contribution in [2.75, 3.05) is 11.9 Å². The molecule has 0 saturated heterocycles. The van der Waals surface area contributed by atoms with Crippen LogP contribution in [0.5, 0.6) is 0 Å². The van der Waals surface area contributed by atoms with Gasteiger partial charge in [-0.05, 0) is 73.9 Å². The SMILES string of the molecule is CCOC(=O)C1=C(C)N(Cc2ccc(C(=O)Nc3ccc(F)cc3)cc2)C(=O)C[C@@H]1c1ccccc1C. The van der Waals surface area contributed by atoms with E-state index in [1.54, 1.807) is 43.0 Å². The van der Waals surface area contributed by atoms with Crippen LogP contribution in [0.1, 0.15) is 53.2 Å². The molecule has 1 atom stereocenters. The van der Waals surface area contributed by atoms with Crippen molar-refractivity contribution < 1.29 is 23.5 Å². The number of aryl methyl sites for hydroxylation is 1. The monoisotopic (exact) mass is 500 g/mol. The van der Waals surface area contributed by atoms with Gasteiger partial charge < -0.3 is 15.0 Å². The molecule has 2 amide bonds. The zero-order chi connectivity index (χ0) is 26.5. The van der Waals surface area contributed by atoms with Crippen molar-refractivity contribution in [2.24, 2.45) is 0 Å². The molecule has 0 fully saturated rings. The van der Waals surface area contributed by atoms with Gasteiger partial charge in [-0.2, -0.15) is 0 Å². The number of amides is 2. The predicted octanol–water partition coefficient (Wildman–Crippen LogP) is 5.74. The zero-order valence-corrected chi connectivity index (χ0v) is 21.1. The molecule has 4 rings (SSSR count). The molecule has 37 heavy (non-hydrogen) atoms. The van der Waals surface area contributed by atoms with E-state index in [0.29, 0.717) is 22.5 Å². The van der Waals surface area contributed by atoms with Gasteiger partial charge in [-0.3, -0.25) is 9.59 Å². The van der Waals surface area contributed by atoms with E-state index >= 15 is 0 Å². The van der Waals surface area contributed by atoms with Gasteiger partial charge in [0.2, 0.25) is 5.91 Å². The average molecular weight is 501 g/mol. The van der Waals surface area contributed by atoms with E-state index in [4.69, 9.17) is 4.74 Å². The van der Waals surface area contributed by atoms with E-state index in [0.717, 1.165) is 16.7 Å². The minimum atomic E-state index is -0.418. The lowest BCUT2D eigenvalue weighted by Crippen LogP contribution is -2.38. The van der Waals surface area contributed by atoms with E-state index in [9.17, 15) is 18.8 Å². The molecule has 0 spiro atoms. The summed E-state index contributed by atoms with van der Waals surface area (Å²) >= 11 is 0. The first-order chi connectivity index (χ1) is 17.8. The smallest absolute Gasteiger partial charge is 0.336 e. The highest BCUT2D eigenvalue weighted by molar-refractivity contribution is 6.04. The Morgan fingerprint density at radius 1 is 1.00 bits per heavy atom. The van der Waals surface area contributed by atoms with Crippen LogP contribution in [0, 0.1) is 12.7 Å². The Kier molecular flexibility index (Phi) is 7.82. The molecule has 1 aliphatic rings. The van der Waals surface area contributed by atoms with Crippen molar-refractivity contribution in [1.82, 2.24) is 4.90 Å². The fourth-order valence-corrected chi connectivity index (χ4v) is 4.60. The molecular formula is C30H29FN2O4. The number of nitrogens with zero attached hydrogens (tertiary/aromatic N) is 1. The summed E-state index contributed by atoms with van der Waals surface area (Å²) in [6, 6.07) is 20.2. The third-order valence-corrected chi connectivity index (χ3v) is 6.54. The number of nitrogens with one attached hydrogen (secondary N) is 1. The van der Waals surface area contributed by atoms with Gasteiger partial charge in [0.05, 0.1) is 18.7 Å². The summed E-state index contributed by atoms with van der Waals surface area (Å²) in [5.74, 6) is -1.58. The number of rotatable bonds is 7. The van der Waals surface area contributed by atoms with Gasteiger partial charge in [0, 0.05) is 29.3 Å². The van der Waals surface area contributed by atoms with Gasteiger partial charge in [0.15, 0.2) is 0 Å². The lowest BCUT2D eigenvalue weighted by atomic mass is 9.81. The fraction of sp³-hybridized carbons (Fsp3) is 0.233. The van der Waals surface area contributed by atoms with Crippen LogP contribution in [0.15, 0.2) is 84.1 Å². The molecule has 190 valence electrons. The molecule has 0 aromatic heterocycles. The van der Waals surface area contributed by atoms with Crippen molar-refractivity contribution in [2.45, 2.75) is 39.7 Å². The van der Waals surface area contributed by atoms with Gasteiger partial charge >= 0.3 is 5.97 Å². The van der Waals surface area contributed by atoms with E-state index in [2.05, 4.69) is 5.32 Å². The first-order valence-electron chi connectivity index (χ1n) is 12.2. The van der Waals surface area contributed by atoms with Crippen LogP contribution < -0.4 is 5.32 Å². The molecule has 1 N–H and O–H groups in total. The second-order valence-corrected chi connectivity index (χ2v) is 8.97. The summed E-state index contributed by atoms with van der Waals surface area (Å²) in [6.07, 6.45) is 0.161. The summed E-state index contributed by atoms with van der Waals surface area (Å²) in [6.45, 7) is 6.01. The van der Waals surface area contributed by atoms with Crippen molar-refractivity contribution in [1.29, 1.82) is 0 Å². The maximum absolute atomic E-state index is 13.3. The number of carbonyl (C=O) groups excluding carboxylic acids is 3. The third kappa shape index (κ3) is 5.77. The van der Waals surface area contributed by atoms with Crippen LogP contribution >= 0.6 is 0 Å². The molecule has 3 aromatic rings. The zero-order valence-electron chi connectivity index (χ0n) is 21.1. The number of hydrogen-bond donors (Lipinski definition) is 1. The van der Waals surface area contributed by atoms with Crippen LogP contribution in [0.4, 0.5) is 10.1 Å². The highest BCUT2D eigenvalue weighted by Crippen LogP contribution is 2.38. The standard InChI is InChI=1S/C30H29FN2O4/c1-4-37-30(36)28-20(3)33(27(34)17-26(28)25-8-6-5-7-19(25)2)18-21-9-11-22(12-10-21)29(35)32-24-15-13-23(31)14-16-24/h5-16,26H,4,17-18H2,1-3H3,(H,32,35)/t26-/m1/s1. The molecule has 1 aliphatic heterocycles. The molecule has 3 aromatic carbocycles. The number of esters is 1. The van der Waals surface area contributed by atoms with E-state index in [-0.39, 0.29) is 43.1 Å². The second-order valence-electron chi connectivity index (χ2n) is 8.97. The minimum Gasteiger partial charge on any atom is -0.463 e.